The van der Waals surface area contributed by atoms with Crippen LogP contribution >= 0.6 is 24.0 Å². The summed E-state index contributed by atoms with van der Waals surface area (Å²) in [5, 5.41) is 0.400. The molecule has 2 rings (SSSR count). The Hall–Kier alpha value is -0.410. The maximum absolute atomic E-state index is 4.94. The second kappa shape index (κ2) is 2.32. The summed E-state index contributed by atoms with van der Waals surface area (Å²) in [7, 11) is 0. The van der Waals surface area contributed by atoms with Crippen LogP contribution in [-0.4, -0.2) is 15.3 Å². The highest BCUT2D eigenvalue weighted by molar-refractivity contribution is 8.24. The predicted octanol–water partition coefficient (Wildman–Crippen LogP) is 1.95. The summed E-state index contributed by atoms with van der Waals surface area (Å²) in [5.41, 5.74) is 1.09. The molecule has 1 nitrogen and oxygen atoms in total. The summed E-state index contributed by atoms with van der Waals surface area (Å²) < 4.78 is 0.760. The molecule has 0 bridgehead atoms. The Morgan fingerprint density at radius 1 is 1.50 bits per heavy atom. The third-order valence-corrected chi connectivity index (χ3v) is 2.73. The van der Waals surface area contributed by atoms with E-state index in [-0.39, 0.29) is 0 Å². The first kappa shape index (κ1) is 6.31. The lowest BCUT2D eigenvalue weighted by Crippen LogP contribution is -2.08. The van der Waals surface area contributed by atoms with E-state index in [0.29, 0.717) is 5.25 Å². The Morgan fingerprint density at radius 3 is 3.20 bits per heavy atom. The van der Waals surface area contributed by atoms with Crippen molar-refractivity contribution in [2.75, 3.05) is 0 Å². The van der Waals surface area contributed by atoms with Crippen molar-refractivity contribution in [3.8, 4) is 0 Å². The third kappa shape index (κ3) is 0.954. The fraction of sp³-hybridized carbons (Fsp3) is 0.143. The van der Waals surface area contributed by atoms with E-state index in [1.165, 1.54) is 0 Å². The molecule has 0 spiro atoms. The van der Waals surface area contributed by atoms with Crippen molar-refractivity contribution < 1.29 is 0 Å². The Balaban J connectivity index is 2.37. The van der Waals surface area contributed by atoms with Gasteiger partial charge in [-0.1, -0.05) is 42.2 Å². The second-order valence-corrected chi connectivity index (χ2v) is 3.86. The predicted molar refractivity (Wildman–Crippen MR) is 49.7 cm³/mol. The molecular weight excluding hydrogens is 162 g/mol. The lowest BCUT2D eigenvalue weighted by molar-refractivity contribution is 1.49. The Labute approximate surface area is 68.9 Å². The molecule has 0 aromatic rings. The average Bonchev–Trinajstić information content (AvgIpc) is 2.27. The molecule has 1 aliphatic heterocycles. The first-order valence-corrected chi connectivity index (χ1v) is 4.29. The molecule has 0 aromatic heterocycles. The van der Waals surface area contributed by atoms with E-state index in [4.69, 9.17) is 12.2 Å². The number of allylic oxidation sites excluding steroid dienone is 3. The summed E-state index contributed by atoms with van der Waals surface area (Å²) in [4.78, 5) is 4.18. The Bertz CT molecular complexity index is 263. The van der Waals surface area contributed by atoms with Crippen LogP contribution in [0.25, 0.3) is 0 Å². The average molecular weight is 167 g/mol. The minimum Gasteiger partial charge on any atom is -0.233 e. The highest BCUT2D eigenvalue weighted by Crippen LogP contribution is 2.26. The summed E-state index contributed by atoms with van der Waals surface area (Å²) in [6.07, 6.45) is 8.15. The zero-order valence-electron chi connectivity index (χ0n) is 5.15. The minimum absolute atomic E-state index is 0.400. The van der Waals surface area contributed by atoms with Crippen LogP contribution in [-0.2, 0) is 0 Å². The third-order valence-electron chi connectivity index (χ3n) is 1.40. The summed E-state index contributed by atoms with van der Waals surface area (Å²) >= 11 is 6.58. The van der Waals surface area contributed by atoms with Gasteiger partial charge >= 0.3 is 0 Å². The highest BCUT2D eigenvalue weighted by Gasteiger charge is 2.21. The van der Waals surface area contributed by atoms with Gasteiger partial charge in [-0.05, 0) is 6.08 Å². The second-order valence-electron chi connectivity index (χ2n) is 2.09. The molecule has 1 unspecified atom stereocenters. The van der Waals surface area contributed by atoms with Gasteiger partial charge in [0.25, 0.3) is 0 Å². The van der Waals surface area contributed by atoms with Crippen LogP contribution in [0, 0.1) is 0 Å². The van der Waals surface area contributed by atoms with Crippen LogP contribution in [0.3, 0.4) is 0 Å². The smallest absolute Gasteiger partial charge is 0.160 e. The number of thioether (sulfide) groups is 1. The molecule has 0 fully saturated rings. The van der Waals surface area contributed by atoms with E-state index in [2.05, 4.69) is 11.1 Å². The molecule has 0 N–H and O–H groups in total. The van der Waals surface area contributed by atoms with Crippen molar-refractivity contribution >= 4 is 34.0 Å². The lowest BCUT2D eigenvalue weighted by atomic mass is 10.1. The van der Waals surface area contributed by atoms with Gasteiger partial charge in [0.15, 0.2) is 4.32 Å². The van der Waals surface area contributed by atoms with Gasteiger partial charge in [0.1, 0.15) is 0 Å². The molecule has 0 saturated heterocycles. The first-order valence-electron chi connectivity index (χ1n) is 3.00. The number of thiocarbonyl (C=S) groups is 1. The molecule has 0 aromatic carbocycles. The van der Waals surface area contributed by atoms with Gasteiger partial charge in [-0.25, -0.2) is 4.99 Å². The topological polar surface area (TPSA) is 12.4 Å². The van der Waals surface area contributed by atoms with Crippen LogP contribution < -0.4 is 0 Å². The van der Waals surface area contributed by atoms with Crippen molar-refractivity contribution in [1.29, 1.82) is 0 Å². The molecule has 3 heteroatoms. The largest absolute Gasteiger partial charge is 0.233 e. The minimum atomic E-state index is 0.400. The van der Waals surface area contributed by atoms with Gasteiger partial charge in [0.2, 0.25) is 0 Å². The molecule has 2 aliphatic rings. The van der Waals surface area contributed by atoms with Crippen molar-refractivity contribution in [1.82, 2.24) is 0 Å². The van der Waals surface area contributed by atoms with Crippen molar-refractivity contribution in [3.05, 3.63) is 24.3 Å². The van der Waals surface area contributed by atoms with Gasteiger partial charge < -0.3 is 0 Å². The summed E-state index contributed by atoms with van der Waals surface area (Å²) in [5.74, 6) is 0. The highest BCUT2D eigenvalue weighted by atomic mass is 32.2. The van der Waals surface area contributed by atoms with E-state index < -0.39 is 0 Å². The molecule has 1 atom stereocenters. The van der Waals surface area contributed by atoms with Gasteiger partial charge in [-0.2, -0.15) is 0 Å². The van der Waals surface area contributed by atoms with Gasteiger partial charge in [-0.15, -0.1) is 0 Å². The summed E-state index contributed by atoms with van der Waals surface area (Å²) in [6, 6.07) is 0. The van der Waals surface area contributed by atoms with E-state index in [1.54, 1.807) is 11.8 Å². The maximum Gasteiger partial charge on any atom is 0.160 e. The van der Waals surface area contributed by atoms with Gasteiger partial charge in [-0.3, -0.25) is 0 Å². The molecule has 10 heavy (non-hydrogen) atoms. The van der Waals surface area contributed by atoms with Crippen molar-refractivity contribution in [2.45, 2.75) is 5.25 Å². The standard InChI is InChI=1S/C7H5NS2/c9-7-8-5-3-1-2-4-6(5)10-7/h1-4,6H. The molecule has 50 valence electrons. The first-order chi connectivity index (χ1) is 4.86. The van der Waals surface area contributed by atoms with Crippen LogP contribution in [0.4, 0.5) is 0 Å². The van der Waals surface area contributed by atoms with Crippen LogP contribution in [0.5, 0.6) is 0 Å². The molecule has 1 aliphatic carbocycles. The quantitative estimate of drug-likeness (QED) is 0.511. The number of aliphatic imine (C=N–C) groups is 1. The number of rotatable bonds is 0. The number of nitrogens with zero attached hydrogens (tertiary/aromatic N) is 1. The Morgan fingerprint density at radius 2 is 2.40 bits per heavy atom. The molecule has 0 amide bonds. The fourth-order valence-corrected chi connectivity index (χ4v) is 2.17. The number of hydrogen-bond acceptors (Lipinski definition) is 2. The summed E-state index contributed by atoms with van der Waals surface area (Å²) in [6.45, 7) is 0. The van der Waals surface area contributed by atoms with Crippen molar-refractivity contribution in [2.24, 2.45) is 4.99 Å². The molecular formula is C7H5NS2. The molecule has 1 heterocycles. The van der Waals surface area contributed by atoms with E-state index >= 15 is 0 Å². The fourth-order valence-electron chi connectivity index (χ4n) is 0.954. The van der Waals surface area contributed by atoms with Crippen LogP contribution in [0.15, 0.2) is 29.3 Å². The normalized spacial score (nSPS) is 28.6. The number of fused-ring (bicyclic) bond motifs is 1. The maximum atomic E-state index is 4.94. The zero-order chi connectivity index (χ0) is 6.97. The molecule has 0 radical (unpaired) electrons. The van der Waals surface area contributed by atoms with Crippen LogP contribution in [0.2, 0.25) is 0 Å². The van der Waals surface area contributed by atoms with Gasteiger partial charge in [0.05, 0.1) is 11.0 Å². The van der Waals surface area contributed by atoms with E-state index in [0.717, 1.165) is 10.0 Å². The lowest BCUT2D eigenvalue weighted by Gasteiger charge is -2.03. The Kier molecular flexibility index (Phi) is 1.47. The van der Waals surface area contributed by atoms with Crippen molar-refractivity contribution in [3.63, 3.8) is 0 Å². The SMILES string of the molecule is S=C1N=C2C=CC=CC2S1. The van der Waals surface area contributed by atoms with E-state index in [1.807, 2.05) is 18.2 Å². The van der Waals surface area contributed by atoms with E-state index in [9.17, 15) is 0 Å². The van der Waals surface area contributed by atoms with Crippen LogP contribution in [0.1, 0.15) is 0 Å². The zero-order valence-corrected chi connectivity index (χ0v) is 6.78. The number of hydrogen-bond donors (Lipinski definition) is 0. The van der Waals surface area contributed by atoms with Gasteiger partial charge in [0, 0.05) is 0 Å². The monoisotopic (exact) mass is 167 g/mol. The molecule has 0 saturated carbocycles.